The molecule has 0 saturated carbocycles. The Morgan fingerprint density at radius 3 is 2.60 bits per heavy atom. The molecule has 25 heavy (non-hydrogen) atoms. The number of anilines is 1. The number of hydrogen-bond acceptors (Lipinski definition) is 2. The number of hydrogen-bond donors (Lipinski definition) is 2. The number of aryl methyl sites for hydroxylation is 1. The number of nitrogens with one attached hydrogen (secondary N) is 1. The molecular formula is C20H23BrClN3. The first-order valence-corrected chi connectivity index (χ1v) is 8.74. The molecule has 1 aromatic heterocycles. The number of benzene rings is 2. The fourth-order valence-electron chi connectivity index (χ4n) is 2.88. The zero-order valence-corrected chi connectivity index (χ0v) is 16.4. The molecule has 2 aromatic carbocycles. The molecule has 0 saturated heterocycles. The van der Waals surface area contributed by atoms with E-state index in [1.807, 2.05) is 36.5 Å². The van der Waals surface area contributed by atoms with Crippen LogP contribution in [0.2, 0.25) is 5.02 Å². The smallest absolute Gasteiger partial charge is 0.216 e. The van der Waals surface area contributed by atoms with Crippen LogP contribution in [0.1, 0.15) is 18.4 Å². The van der Waals surface area contributed by atoms with Gasteiger partial charge >= 0.3 is 0 Å². The van der Waals surface area contributed by atoms with E-state index in [1.165, 1.54) is 5.56 Å². The highest BCUT2D eigenvalue weighted by Crippen LogP contribution is 2.21. The summed E-state index contributed by atoms with van der Waals surface area (Å²) in [5.41, 5.74) is 9.27. The second-order valence-electron chi connectivity index (χ2n) is 6.00. The first-order valence-electron chi connectivity index (χ1n) is 8.36. The largest absolute Gasteiger partial charge is 1.00 e. The summed E-state index contributed by atoms with van der Waals surface area (Å²) in [4.78, 5) is 0. The number of aromatic nitrogens is 1. The van der Waals surface area contributed by atoms with Gasteiger partial charge in [-0.3, -0.25) is 0 Å². The molecule has 0 bridgehead atoms. The number of halogens is 2. The molecule has 5 heteroatoms. The summed E-state index contributed by atoms with van der Waals surface area (Å²) >= 11 is 6.14. The maximum atomic E-state index is 6.14. The molecule has 0 fully saturated rings. The normalized spacial score (nSPS) is 10.6. The van der Waals surface area contributed by atoms with Gasteiger partial charge in [0.05, 0.1) is 11.1 Å². The molecule has 3 rings (SSSR count). The quantitative estimate of drug-likeness (QED) is 0.441. The van der Waals surface area contributed by atoms with Crippen molar-refractivity contribution in [3.05, 3.63) is 71.4 Å². The van der Waals surface area contributed by atoms with Crippen molar-refractivity contribution in [2.24, 2.45) is 0 Å². The van der Waals surface area contributed by atoms with Gasteiger partial charge in [0.25, 0.3) is 0 Å². The van der Waals surface area contributed by atoms with Crippen LogP contribution in [0.15, 0.2) is 60.8 Å². The van der Waals surface area contributed by atoms with Gasteiger partial charge in [0.15, 0.2) is 6.20 Å². The Labute approximate surface area is 164 Å². The SMILES string of the molecule is Nc1cc[n+](CCCCNCc2ccccc2)c2cc(Cl)ccc12.[Br-]. The fraction of sp³-hybridized carbons (Fsp3) is 0.250. The number of rotatable bonds is 7. The summed E-state index contributed by atoms with van der Waals surface area (Å²) in [6.45, 7) is 2.90. The molecule has 0 amide bonds. The van der Waals surface area contributed by atoms with E-state index in [-0.39, 0.29) is 17.0 Å². The Balaban J connectivity index is 0.00000225. The molecular weight excluding hydrogens is 398 g/mol. The minimum atomic E-state index is 0. The molecule has 0 radical (unpaired) electrons. The highest BCUT2D eigenvalue weighted by atomic mass is 79.9. The third kappa shape index (κ3) is 5.43. The van der Waals surface area contributed by atoms with Crippen LogP contribution < -0.4 is 32.6 Å². The Bertz CT molecular complexity index is 809. The van der Waals surface area contributed by atoms with Crippen LogP contribution in [0.5, 0.6) is 0 Å². The first-order chi connectivity index (χ1) is 11.7. The lowest BCUT2D eigenvalue weighted by Gasteiger charge is -2.06. The van der Waals surface area contributed by atoms with Gasteiger partial charge in [0.1, 0.15) is 6.54 Å². The Morgan fingerprint density at radius 1 is 1.00 bits per heavy atom. The summed E-state index contributed by atoms with van der Waals surface area (Å²) in [7, 11) is 0. The van der Waals surface area contributed by atoms with E-state index in [9.17, 15) is 0 Å². The topological polar surface area (TPSA) is 41.9 Å². The highest BCUT2D eigenvalue weighted by molar-refractivity contribution is 6.31. The lowest BCUT2D eigenvalue weighted by atomic mass is 10.1. The average molecular weight is 421 g/mol. The van der Waals surface area contributed by atoms with Gasteiger partial charge in [-0.1, -0.05) is 41.9 Å². The maximum Gasteiger partial charge on any atom is 0.216 e. The third-order valence-corrected chi connectivity index (χ3v) is 4.42. The molecule has 1 heterocycles. The van der Waals surface area contributed by atoms with Crippen LogP contribution in [-0.4, -0.2) is 6.54 Å². The monoisotopic (exact) mass is 419 g/mol. The number of nitrogens with two attached hydrogens (primary N) is 1. The molecule has 3 aromatic rings. The molecule has 3 N–H and O–H groups in total. The predicted octanol–water partition coefficient (Wildman–Crippen LogP) is 0.937. The third-order valence-electron chi connectivity index (χ3n) is 4.19. The predicted molar refractivity (Wildman–Crippen MR) is 101 cm³/mol. The summed E-state index contributed by atoms with van der Waals surface area (Å²) in [6.07, 6.45) is 4.29. The van der Waals surface area contributed by atoms with Crippen molar-refractivity contribution in [2.75, 3.05) is 12.3 Å². The Morgan fingerprint density at radius 2 is 1.80 bits per heavy atom. The minimum absolute atomic E-state index is 0. The van der Waals surface area contributed by atoms with Gasteiger partial charge in [-0.05, 0) is 30.7 Å². The van der Waals surface area contributed by atoms with Gasteiger partial charge in [0, 0.05) is 30.1 Å². The summed E-state index contributed by atoms with van der Waals surface area (Å²) in [6, 6.07) is 18.3. The van der Waals surface area contributed by atoms with Gasteiger partial charge < -0.3 is 28.0 Å². The first kappa shape index (κ1) is 19.7. The number of unbranched alkanes of at least 4 members (excludes halogenated alkanes) is 1. The van der Waals surface area contributed by atoms with E-state index in [4.69, 9.17) is 17.3 Å². The van der Waals surface area contributed by atoms with E-state index in [0.29, 0.717) is 0 Å². The van der Waals surface area contributed by atoms with Crippen molar-refractivity contribution < 1.29 is 21.5 Å². The van der Waals surface area contributed by atoms with Gasteiger partial charge in [-0.2, -0.15) is 4.57 Å². The van der Waals surface area contributed by atoms with Gasteiger partial charge in [0.2, 0.25) is 5.52 Å². The van der Waals surface area contributed by atoms with E-state index < -0.39 is 0 Å². The van der Waals surface area contributed by atoms with E-state index >= 15 is 0 Å². The molecule has 0 spiro atoms. The second kappa shape index (κ2) is 9.76. The lowest BCUT2D eigenvalue weighted by molar-refractivity contribution is -0.671. The fourth-order valence-corrected chi connectivity index (χ4v) is 3.05. The number of pyridine rings is 1. The Kier molecular flexibility index (Phi) is 7.69. The number of nitrogens with zero attached hydrogens (tertiary/aromatic N) is 1. The van der Waals surface area contributed by atoms with Crippen LogP contribution in [-0.2, 0) is 13.1 Å². The Hall–Kier alpha value is -1.62. The molecule has 3 nitrogen and oxygen atoms in total. The van der Waals surface area contributed by atoms with E-state index in [0.717, 1.165) is 54.1 Å². The molecule has 0 atom stereocenters. The van der Waals surface area contributed by atoms with Crippen LogP contribution in [0, 0.1) is 0 Å². The van der Waals surface area contributed by atoms with Crippen LogP contribution in [0.25, 0.3) is 10.9 Å². The van der Waals surface area contributed by atoms with Crippen molar-refractivity contribution in [2.45, 2.75) is 25.9 Å². The van der Waals surface area contributed by atoms with Crippen molar-refractivity contribution >= 4 is 28.2 Å². The van der Waals surface area contributed by atoms with Gasteiger partial charge in [-0.15, -0.1) is 0 Å². The van der Waals surface area contributed by atoms with Gasteiger partial charge in [-0.25, -0.2) is 0 Å². The number of fused-ring (bicyclic) bond motifs is 1. The maximum absolute atomic E-state index is 6.14. The zero-order chi connectivity index (χ0) is 16.8. The van der Waals surface area contributed by atoms with Crippen molar-refractivity contribution in [1.82, 2.24) is 5.32 Å². The van der Waals surface area contributed by atoms with Crippen molar-refractivity contribution in [1.29, 1.82) is 0 Å². The molecule has 132 valence electrons. The van der Waals surface area contributed by atoms with Crippen molar-refractivity contribution in [3.63, 3.8) is 0 Å². The van der Waals surface area contributed by atoms with Crippen LogP contribution in [0.4, 0.5) is 5.69 Å². The van der Waals surface area contributed by atoms with E-state index in [2.05, 4.69) is 34.1 Å². The zero-order valence-electron chi connectivity index (χ0n) is 14.1. The summed E-state index contributed by atoms with van der Waals surface area (Å²) in [5, 5.41) is 5.29. The van der Waals surface area contributed by atoms with E-state index in [1.54, 1.807) is 0 Å². The standard InChI is InChI=1S/C20H22ClN3.BrH/c21-17-8-9-18-19(22)10-13-24(20(18)14-17)12-5-4-11-23-15-16-6-2-1-3-7-16;/h1-3,6-10,13-14,22-23H,4-5,11-12,15H2;1H. The molecule has 0 aliphatic heterocycles. The number of nitrogen functional groups attached to an aromatic ring is 1. The summed E-state index contributed by atoms with van der Waals surface area (Å²) in [5.74, 6) is 0. The minimum Gasteiger partial charge on any atom is -1.00 e. The average Bonchev–Trinajstić information content (AvgIpc) is 2.60. The lowest BCUT2D eigenvalue weighted by Crippen LogP contribution is -3.00. The second-order valence-corrected chi connectivity index (χ2v) is 6.43. The molecule has 0 aliphatic rings. The summed E-state index contributed by atoms with van der Waals surface area (Å²) < 4.78 is 2.23. The molecule has 0 aliphatic carbocycles. The highest BCUT2D eigenvalue weighted by Gasteiger charge is 2.11. The van der Waals surface area contributed by atoms with Crippen molar-refractivity contribution in [3.8, 4) is 0 Å². The van der Waals surface area contributed by atoms with Crippen LogP contribution >= 0.6 is 11.6 Å². The molecule has 0 unspecified atom stereocenters. The van der Waals surface area contributed by atoms with Crippen LogP contribution in [0.3, 0.4) is 0 Å².